The van der Waals surface area contributed by atoms with Crippen molar-refractivity contribution in [1.29, 1.82) is 0 Å². The monoisotopic (exact) mass is 513 g/mol. The van der Waals surface area contributed by atoms with Gasteiger partial charge in [-0.3, -0.25) is 9.79 Å². The highest BCUT2D eigenvalue weighted by molar-refractivity contribution is 8.14. The molecule has 1 aromatic rings. The Hall–Kier alpha value is -1.41. The van der Waals surface area contributed by atoms with Crippen molar-refractivity contribution >= 4 is 40.9 Å². The van der Waals surface area contributed by atoms with E-state index < -0.39 is 11.7 Å². The van der Waals surface area contributed by atoms with E-state index in [1.807, 2.05) is 0 Å². The molecule has 0 radical (unpaired) electrons. The number of aliphatic imine (C=N–C) groups is 1. The molecule has 1 N–H and O–H groups in total. The summed E-state index contributed by atoms with van der Waals surface area (Å²) in [4.78, 5) is 20.6. The van der Waals surface area contributed by atoms with Gasteiger partial charge in [0.05, 0.1) is 11.1 Å². The first-order chi connectivity index (χ1) is 15.8. The third-order valence-corrected chi connectivity index (χ3v) is 9.33. The van der Waals surface area contributed by atoms with Gasteiger partial charge in [0.2, 0.25) is 5.91 Å². The first-order valence-corrected chi connectivity index (χ1v) is 13.2. The third-order valence-electron chi connectivity index (χ3n) is 8.22. The summed E-state index contributed by atoms with van der Waals surface area (Å²) in [5.74, 6) is 3.26. The molecule has 0 aromatic heterocycles. The van der Waals surface area contributed by atoms with Crippen LogP contribution in [-0.4, -0.2) is 39.4 Å². The van der Waals surface area contributed by atoms with E-state index in [-0.39, 0.29) is 29.9 Å². The maximum atomic E-state index is 12.8. The number of halogens is 4. The number of alkyl halides is 3. The van der Waals surface area contributed by atoms with E-state index in [4.69, 9.17) is 4.99 Å². The predicted octanol–water partition coefficient (Wildman–Crippen LogP) is 6.36. The number of amidine groups is 1. The minimum atomic E-state index is -4.37. The van der Waals surface area contributed by atoms with Gasteiger partial charge in [-0.2, -0.15) is 13.2 Å². The molecule has 1 saturated heterocycles. The maximum Gasteiger partial charge on any atom is 0.416 e. The number of nitrogens with one attached hydrogen (secondary N) is 1. The van der Waals surface area contributed by atoms with E-state index in [0.29, 0.717) is 18.2 Å². The Morgan fingerprint density at radius 2 is 1.65 bits per heavy atom. The SMILES string of the molecule is Cl.O=C(CC1CS/C(=N\C23CC4CC(CC(C4)C2)C3)N1C1CC1)Nc1ccc(C(F)(F)F)cc1. The standard InChI is InChI=1S/C25H30F3N3OS.ClH/c26-25(27,28)18-1-3-19(4-2-18)29-22(32)10-21-14-33-23(31(21)20-5-6-20)30-24-11-15-7-16(12-24)9-17(8-15)13-24;/h1-4,15-17,20-21H,5-14H2,(H,29,32);1H/b30-23-;. The van der Waals surface area contributed by atoms with Gasteiger partial charge in [-0.1, -0.05) is 11.8 Å². The molecule has 5 saturated carbocycles. The van der Waals surface area contributed by atoms with Gasteiger partial charge in [0, 0.05) is 29.9 Å². The summed E-state index contributed by atoms with van der Waals surface area (Å²) in [7, 11) is 0. The highest BCUT2D eigenvalue weighted by atomic mass is 35.5. The van der Waals surface area contributed by atoms with Crippen LogP contribution in [-0.2, 0) is 11.0 Å². The zero-order valence-corrected chi connectivity index (χ0v) is 20.7. The van der Waals surface area contributed by atoms with Crippen LogP contribution in [0.3, 0.4) is 0 Å². The molecule has 1 aromatic carbocycles. The second kappa shape index (κ2) is 8.91. The molecule has 6 aliphatic rings. The zero-order valence-electron chi connectivity index (χ0n) is 19.0. The van der Waals surface area contributed by atoms with Gasteiger partial charge in [-0.05, 0) is 93.4 Å². The quantitative estimate of drug-likeness (QED) is 0.498. The number of nitrogens with zero attached hydrogens (tertiary/aromatic N) is 2. The lowest BCUT2D eigenvalue weighted by molar-refractivity contribution is -0.137. The van der Waals surface area contributed by atoms with Crippen molar-refractivity contribution in [2.24, 2.45) is 22.7 Å². The summed E-state index contributed by atoms with van der Waals surface area (Å²) in [5.41, 5.74) is -0.182. The summed E-state index contributed by atoms with van der Waals surface area (Å²) in [6.07, 6.45) is 6.17. The summed E-state index contributed by atoms with van der Waals surface area (Å²) in [6.45, 7) is 0. The molecular weight excluding hydrogens is 483 g/mol. The highest BCUT2D eigenvalue weighted by Crippen LogP contribution is 2.57. The second-order valence-corrected chi connectivity index (χ2v) is 12.0. The number of rotatable bonds is 5. The Morgan fingerprint density at radius 1 is 1.06 bits per heavy atom. The van der Waals surface area contributed by atoms with Crippen LogP contribution >= 0.6 is 24.2 Å². The van der Waals surface area contributed by atoms with Crippen LogP contribution in [0, 0.1) is 17.8 Å². The molecule has 4 nitrogen and oxygen atoms in total. The van der Waals surface area contributed by atoms with Crippen molar-refractivity contribution < 1.29 is 18.0 Å². The fraction of sp³-hybridized carbons (Fsp3) is 0.680. The van der Waals surface area contributed by atoms with Gasteiger partial charge in [-0.15, -0.1) is 12.4 Å². The van der Waals surface area contributed by atoms with E-state index in [1.54, 1.807) is 11.8 Å². The Labute approximate surface area is 208 Å². The number of anilines is 1. The lowest BCUT2D eigenvalue weighted by Gasteiger charge is -2.55. The summed E-state index contributed by atoms with van der Waals surface area (Å²) < 4.78 is 38.3. The van der Waals surface area contributed by atoms with E-state index in [0.717, 1.165) is 53.6 Å². The van der Waals surface area contributed by atoms with Gasteiger partial charge in [-0.25, -0.2) is 0 Å². The van der Waals surface area contributed by atoms with Crippen molar-refractivity contribution in [2.75, 3.05) is 11.1 Å². The molecule has 0 spiro atoms. The Balaban J connectivity index is 0.00000241. The number of amides is 1. The Morgan fingerprint density at radius 3 is 2.18 bits per heavy atom. The molecule has 1 unspecified atom stereocenters. The van der Waals surface area contributed by atoms with Crippen molar-refractivity contribution in [3.8, 4) is 0 Å². The van der Waals surface area contributed by atoms with Crippen LogP contribution in [0.1, 0.15) is 63.4 Å². The first kappa shape index (κ1) is 24.3. The minimum Gasteiger partial charge on any atom is -0.344 e. The number of carbonyl (C=O) groups is 1. The molecule has 6 fully saturated rings. The first-order valence-electron chi connectivity index (χ1n) is 12.2. The fourth-order valence-corrected chi connectivity index (χ4v) is 8.43. The fourth-order valence-electron chi connectivity index (χ4n) is 7.11. The van der Waals surface area contributed by atoms with Crippen molar-refractivity contribution in [3.63, 3.8) is 0 Å². The number of hydrogen-bond donors (Lipinski definition) is 1. The predicted molar refractivity (Wildman–Crippen MR) is 131 cm³/mol. The Bertz CT molecular complexity index is 928. The summed E-state index contributed by atoms with van der Waals surface area (Å²) in [5, 5.41) is 3.93. The molecule has 1 amide bonds. The third kappa shape index (κ3) is 4.81. The van der Waals surface area contributed by atoms with E-state index in [2.05, 4.69) is 10.2 Å². The molecule has 9 heteroatoms. The minimum absolute atomic E-state index is 0. The molecule has 4 bridgehead atoms. The van der Waals surface area contributed by atoms with Crippen molar-refractivity contribution in [3.05, 3.63) is 29.8 Å². The zero-order chi connectivity index (χ0) is 22.8. The lowest BCUT2D eigenvalue weighted by Crippen LogP contribution is -2.50. The van der Waals surface area contributed by atoms with Crippen molar-refractivity contribution in [2.45, 2.75) is 81.6 Å². The van der Waals surface area contributed by atoms with Gasteiger partial charge in [0.1, 0.15) is 0 Å². The summed E-state index contributed by atoms with van der Waals surface area (Å²) >= 11 is 1.80. The summed E-state index contributed by atoms with van der Waals surface area (Å²) in [6, 6.07) is 5.24. The largest absolute Gasteiger partial charge is 0.416 e. The molecule has 1 atom stereocenters. The number of hydrogen-bond acceptors (Lipinski definition) is 3. The average molecular weight is 514 g/mol. The molecule has 7 rings (SSSR count). The van der Waals surface area contributed by atoms with Crippen LogP contribution in [0.5, 0.6) is 0 Å². The molecule has 5 aliphatic carbocycles. The molecule has 186 valence electrons. The van der Waals surface area contributed by atoms with Crippen LogP contribution < -0.4 is 5.32 Å². The normalized spacial score (nSPS) is 35.5. The van der Waals surface area contributed by atoms with Gasteiger partial charge < -0.3 is 10.2 Å². The smallest absolute Gasteiger partial charge is 0.344 e. The molecule has 34 heavy (non-hydrogen) atoms. The Kier molecular flexibility index (Phi) is 6.37. The van der Waals surface area contributed by atoms with E-state index in [1.165, 1.54) is 50.7 Å². The van der Waals surface area contributed by atoms with Crippen LogP contribution in [0.25, 0.3) is 0 Å². The lowest BCUT2D eigenvalue weighted by atomic mass is 9.53. The average Bonchev–Trinajstić information content (AvgIpc) is 3.49. The number of carbonyl (C=O) groups excluding carboxylic acids is 1. The van der Waals surface area contributed by atoms with Crippen LogP contribution in [0.2, 0.25) is 0 Å². The second-order valence-electron chi connectivity index (χ2n) is 11.0. The van der Waals surface area contributed by atoms with E-state index in [9.17, 15) is 18.0 Å². The van der Waals surface area contributed by atoms with Gasteiger partial charge in [0.15, 0.2) is 5.17 Å². The number of benzene rings is 1. The van der Waals surface area contributed by atoms with Gasteiger partial charge in [0.25, 0.3) is 0 Å². The van der Waals surface area contributed by atoms with E-state index >= 15 is 0 Å². The van der Waals surface area contributed by atoms with Gasteiger partial charge >= 0.3 is 6.18 Å². The molecular formula is C25H31ClF3N3OS. The maximum absolute atomic E-state index is 12.8. The van der Waals surface area contributed by atoms with Crippen molar-refractivity contribution in [1.82, 2.24) is 4.90 Å². The highest BCUT2D eigenvalue weighted by Gasteiger charge is 2.52. The van der Waals surface area contributed by atoms with Crippen LogP contribution in [0.4, 0.5) is 18.9 Å². The molecule has 1 heterocycles. The van der Waals surface area contributed by atoms with Crippen LogP contribution in [0.15, 0.2) is 29.3 Å². The topological polar surface area (TPSA) is 44.7 Å². The molecule has 1 aliphatic heterocycles. The number of thioether (sulfide) groups is 1.